The van der Waals surface area contributed by atoms with Crippen LogP contribution >= 0.6 is 0 Å². The van der Waals surface area contributed by atoms with Gasteiger partial charge in [-0.2, -0.15) is 5.10 Å². The molecule has 6 heteroatoms. The molecule has 0 unspecified atom stereocenters. The van der Waals surface area contributed by atoms with Gasteiger partial charge in [-0.05, 0) is 49.4 Å². The average Bonchev–Trinajstić information content (AvgIpc) is 3.36. The summed E-state index contributed by atoms with van der Waals surface area (Å²) >= 11 is 0. The number of hydrogen-bond acceptors (Lipinski definition) is 3. The van der Waals surface area contributed by atoms with Crippen LogP contribution in [0.1, 0.15) is 49.6 Å². The molecule has 1 amide bonds. The summed E-state index contributed by atoms with van der Waals surface area (Å²) in [5.41, 5.74) is 6.70. The monoisotopic (exact) mass is 427 g/mol. The highest BCUT2D eigenvalue weighted by molar-refractivity contribution is 5.78. The van der Waals surface area contributed by atoms with E-state index >= 15 is 0 Å². The van der Waals surface area contributed by atoms with Gasteiger partial charge in [0, 0.05) is 18.5 Å². The van der Waals surface area contributed by atoms with Gasteiger partial charge in [-0.25, -0.2) is 9.67 Å². The number of nitrogens with zero attached hydrogens (tertiary/aromatic N) is 4. The Hall–Kier alpha value is -3.41. The maximum absolute atomic E-state index is 12.9. The summed E-state index contributed by atoms with van der Waals surface area (Å²) in [4.78, 5) is 17.3. The Morgan fingerprint density at radius 2 is 1.94 bits per heavy atom. The summed E-state index contributed by atoms with van der Waals surface area (Å²) < 4.78 is 4.08. The number of fused-ring (bicyclic) bond motifs is 2. The molecule has 0 spiro atoms. The number of amides is 1. The van der Waals surface area contributed by atoms with Crippen LogP contribution in [0.25, 0.3) is 16.7 Å². The maximum Gasteiger partial charge on any atom is 0.222 e. The van der Waals surface area contributed by atoms with Crippen molar-refractivity contribution in [2.75, 3.05) is 0 Å². The fraction of sp³-hybridized carbons (Fsp3) is 0.346. The molecule has 1 N–H and O–H groups in total. The van der Waals surface area contributed by atoms with E-state index in [9.17, 15) is 4.79 Å². The normalized spacial score (nSPS) is 17.3. The number of imidazole rings is 1. The molecule has 4 aromatic rings. The van der Waals surface area contributed by atoms with Gasteiger partial charge in [0.25, 0.3) is 0 Å². The third kappa shape index (κ3) is 3.93. The number of rotatable bonds is 5. The lowest BCUT2D eigenvalue weighted by atomic mass is 9.74. The van der Waals surface area contributed by atoms with Crippen LogP contribution < -0.4 is 5.32 Å². The number of aromatic nitrogens is 4. The molecule has 1 aliphatic carbocycles. The van der Waals surface area contributed by atoms with Gasteiger partial charge in [0.1, 0.15) is 0 Å². The lowest BCUT2D eigenvalue weighted by Crippen LogP contribution is -2.37. The molecular weight excluding hydrogens is 398 g/mol. The smallest absolute Gasteiger partial charge is 0.222 e. The minimum absolute atomic E-state index is 0.0278. The van der Waals surface area contributed by atoms with Crippen LogP contribution in [0, 0.1) is 12.3 Å². The van der Waals surface area contributed by atoms with E-state index in [-0.39, 0.29) is 17.4 Å². The number of carbonyl (C=O) groups is 1. The SMILES string of the molecule is Cc1ccc(-n2ncc3c2CC(C)(C)C[C@H]3NC(=O)CCn2cnc3ccccc32)cc1. The van der Waals surface area contributed by atoms with Crippen LogP contribution in [-0.2, 0) is 17.8 Å². The predicted octanol–water partition coefficient (Wildman–Crippen LogP) is 4.75. The molecule has 2 aromatic carbocycles. The van der Waals surface area contributed by atoms with Crippen molar-refractivity contribution in [2.45, 2.75) is 52.6 Å². The van der Waals surface area contributed by atoms with Crippen molar-refractivity contribution in [2.24, 2.45) is 5.41 Å². The fourth-order valence-electron chi connectivity index (χ4n) is 4.76. The van der Waals surface area contributed by atoms with E-state index in [0.29, 0.717) is 13.0 Å². The number of benzene rings is 2. The summed E-state index contributed by atoms with van der Waals surface area (Å²) in [6.45, 7) is 7.22. The predicted molar refractivity (Wildman–Crippen MR) is 126 cm³/mol. The van der Waals surface area contributed by atoms with Crippen molar-refractivity contribution in [1.29, 1.82) is 0 Å². The standard InChI is InChI=1S/C26H29N5O/c1-18-8-10-19(11-9-18)31-24-15-26(2,3)14-22(20(24)16-28-31)29-25(32)12-13-30-17-27-21-6-4-5-7-23(21)30/h4-11,16-17,22H,12-15H2,1-3H3,(H,29,32)/t22-/m1/s1. The quantitative estimate of drug-likeness (QED) is 0.500. The zero-order valence-corrected chi connectivity index (χ0v) is 18.9. The van der Waals surface area contributed by atoms with Crippen molar-refractivity contribution in [3.8, 4) is 5.69 Å². The Labute approximate surface area is 188 Å². The van der Waals surface area contributed by atoms with Gasteiger partial charge in [0.2, 0.25) is 5.91 Å². The molecule has 164 valence electrons. The van der Waals surface area contributed by atoms with Crippen LogP contribution in [0.5, 0.6) is 0 Å². The van der Waals surface area contributed by atoms with Gasteiger partial charge >= 0.3 is 0 Å². The molecule has 0 fully saturated rings. The summed E-state index contributed by atoms with van der Waals surface area (Å²) in [6, 6.07) is 16.4. The zero-order valence-electron chi connectivity index (χ0n) is 18.9. The zero-order chi connectivity index (χ0) is 22.3. The number of para-hydroxylation sites is 2. The van der Waals surface area contributed by atoms with E-state index in [1.54, 1.807) is 0 Å². The van der Waals surface area contributed by atoms with Crippen LogP contribution in [0.2, 0.25) is 0 Å². The molecule has 32 heavy (non-hydrogen) atoms. The van der Waals surface area contributed by atoms with Crippen molar-refractivity contribution < 1.29 is 4.79 Å². The molecule has 0 saturated carbocycles. The van der Waals surface area contributed by atoms with E-state index in [0.717, 1.165) is 35.1 Å². The van der Waals surface area contributed by atoms with Crippen molar-refractivity contribution in [3.05, 3.63) is 77.9 Å². The maximum atomic E-state index is 12.9. The molecule has 1 aliphatic rings. The van der Waals surface area contributed by atoms with E-state index in [4.69, 9.17) is 5.10 Å². The lowest BCUT2D eigenvalue weighted by Gasteiger charge is -2.36. The highest BCUT2D eigenvalue weighted by atomic mass is 16.1. The van der Waals surface area contributed by atoms with Gasteiger partial charge in [-0.1, -0.05) is 43.7 Å². The first-order valence-electron chi connectivity index (χ1n) is 11.2. The van der Waals surface area contributed by atoms with Gasteiger partial charge in [-0.15, -0.1) is 0 Å². The first-order valence-corrected chi connectivity index (χ1v) is 11.2. The van der Waals surface area contributed by atoms with Gasteiger partial charge in [0.15, 0.2) is 0 Å². The minimum Gasteiger partial charge on any atom is -0.349 e. The molecule has 0 aliphatic heterocycles. The van der Waals surface area contributed by atoms with Crippen LogP contribution in [-0.4, -0.2) is 25.2 Å². The Balaban J connectivity index is 1.34. The molecule has 1 atom stereocenters. The fourth-order valence-corrected chi connectivity index (χ4v) is 4.76. The second-order valence-electron chi connectivity index (χ2n) is 9.64. The van der Waals surface area contributed by atoms with Gasteiger partial charge in [0.05, 0.1) is 41.0 Å². The topological polar surface area (TPSA) is 64.7 Å². The Morgan fingerprint density at radius 3 is 2.75 bits per heavy atom. The Bertz CT molecular complexity index is 1270. The largest absolute Gasteiger partial charge is 0.349 e. The van der Waals surface area contributed by atoms with Gasteiger partial charge in [-0.3, -0.25) is 4.79 Å². The summed E-state index contributed by atoms with van der Waals surface area (Å²) in [5, 5.41) is 7.98. The molecular formula is C26H29N5O. The Morgan fingerprint density at radius 1 is 1.16 bits per heavy atom. The summed E-state index contributed by atoms with van der Waals surface area (Å²) in [5.74, 6) is 0.0551. The van der Waals surface area contributed by atoms with E-state index in [2.05, 4.69) is 55.3 Å². The molecule has 0 saturated heterocycles. The minimum atomic E-state index is -0.0278. The third-order valence-corrected chi connectivity index (χ3v) is 6.40. The number of hydrogen-bond donors (Lipinski definition) is 1. The number of aryl methyl sites for hydroxylation is 2. The molecule has 2 aromatic heterocycles. The highest BCUT2D eigenvalue weighted by Gasteiger charge is 2.36. The van der Waals surface area contributed by atoms with E-state index in [1.165, 1.54) is 11.3 Å². The van der Waals surface area contributed by atoms with Crippen LogP contribution in [0.3, 0.4) is 0 Å². The lowest BCUT2D eigenvalue weighted by molar-refractivity contribution is -0.122. The average molecular weight is 428 g/mol. The number of nitrogens with one attached hydrogen (secondary N) is 1. The Kier molecular flexibility index (Phi) is 5.08. The number of carbonyl (C=O) groups excluding carboxylic acids is 1. The summed E-state index contributed by atoms with van der Waals surface area (Å²) in [7, 11) is 0. The second-order valence-corrected chi connectivity index (χ2v) is 9.64. The van der Waals surface area contributed by atoms with Crippen LogP contribution in [0.15, 0.2) is 61.1 Å². The molecule has 2 heterocycles. The second kappa shape index (κ2) is 7.93. The summed E-state index contributed by atoms with van der Waals surface area (Å²) in [6.07, 6.45) is 5.99. The van der Waals surface area contributed by atoms with Gasteiger partial charge < -0.3 is 9.88 Å². The molecule has 0 radical (unpaired) electrons. The first kappa shape index (κ1) is 20.5. The van der Waals surface area contributed by atoms with E-state index in [1.807, 2.05) is 46.0 Å². The molecule has 0 bridgehead atoms. The molecule has 5 rings (SSSR count). The molecule has 6 nitrogen and oxygen atoms in total. The van der Waals surface area contributed by atoms with Crippen LogP contribution in [0.4, 0.5) is 0 Å². The first-order chi connectivity index (χ1) is 15.4. The third-order valence-electron chi connectivity index (χ3n) is 6.40. The van der Waals surface area contributed by atoms with Crippen molar-refractivity contribution in [1.82, 2.24) is 24.6 Å². The van der Waals surface area contributed by atoms with E-state index < -0.39 is 0 Å². The van der Waals surface area contributed by atoms with Crippen molar-refractivity contribution in [3.63, 3.8) is 0 Å². The highest BCUT2D eigenvalue weighted by Crippen LogP contribution is 2.41. The van der Waals surface area contributed by atoms with Crippen molar-refractivity contribution >= 4 is 16.9 Å².